The Hall–Kier alpha value is -3.48. The van der Waals surface area contributed by atoms with Gasteiger partial charge >= 0.3 is 12.0 Å². The van der Waals surface area contributed by atoms with Gasteiger partial charge in [0, 0.05) is 38.5 Å². The quantitative estimate of drug-likeness (QED) is 0.463. The second kappa shape index (κ2) is 10.9. The van der Waals surface area contributed by atoms with E-state index >= 15 is 0 Å². The maximum atomic E-state index is 13.1. The van der Waals surface area contributed by atoms with E-state index in [1.807, 2.05) is 30.3 Å². The van der Waals surface area contributed by atoms with Crippen molar-refractivity contribution in [1.29, 1.82) is 0 Å². The highest BCUT2D eigenvalue weighted by Crippen LogP contribution is 2.38. The Labute approximate surface area is 219 Å². The van der Waals surface area contributed by atoms with Gasteiger partial charge in [-0.05, 0) is 25.0 Å². The van der Waals surface area contributed by atoms with E-state index in [0.717, 1.165) is 5.69 Å². The number of para-hydroxylation sites is 1. The summed E-state index contributed by atoms with van der Waals surface area (Å²) < 4.78 is 0. The second-order valence-corrected chi connectivity index (χ2v) is 10.5. The van der Waals surface area contributed by atoms with E-state index in [2.05, 4.69) is 15.5 Å². The van der Waals surface area contributed by atoms with Crippen molar-refractivity contribution in [2.45, 2.75) is 37.4 Å². The van der Waals surface area contributed by atoms with Gasteiger partial charge in [0.15, 0.2) is 0 Å². The summed E-state index contributed by atoms with van der Waals surface area (Å²) in [5.74, 6) is -1.33. The predicted octanol–water partition coefficient (Wildman–Crippen LogP) is -0.0425. The third kappa shape index (κ3) is 5.31. The van der Waals surface area contributed by atoms with Crippen LogP contribution in [0.3, 0.4) is 0 Å². The molecule has 0 saturated carbocycles. The molecule has 13 heteroatoms. The Morgan fingerprint density at radius 1 is 1.16 bits per heavy atom. The fourth-order valence-electron chi connectivity index (χ4n) is 5.12. The van der Waals surface area contributed by atoms with Crippen LogP contribution in [0.5, 0.6) is 0 Å². The summed E-state index contributed by atoms with van der Waals surface area (Å²) in [5.41, 5.74) is 0.217. The predicted molar refractivity (Wildman–Crippen MR) is 137 cm³/mol. The fraction of sp³-hybridized carbons (Fsp3) is 0.542. The number of hydrogen-bond acceptors (Lipinski definition) is 7. The van der Waals surface area contributed by atoms with Crippen LogP contribution in [0.2, 0.25) is 0 Å². The zero-order valence-electron chi connectivity index (χ0n) is 20.9. The van der Waals surface area contributed by atoms with Crippen molar-refractivity contribution in [1.82, 2.24) is 25.3 Å². The van der Waals surface area contributed by atoms with Crippen molar-refractivity contribution < 1.29 is 29.1 Å². The first kappa shape index (κ1) is 26.6. The van der Waals surface area contributed by atoms with Gasteiger partial charge in [0.2, 0.25) is 17.7 Å². The van der Waals surface area contributed by atoms with E-state index in [1.165, 1.54) is 23.6 Å². The highest BCUT2D eigenvalue weighted by atomic mass is 32.2. The third-order valence-corrected chi connectivity index (χ3v) is 8.23. The summed E-state index contributed by atoms with van der Waals surface area (Å²) in [6.07, 6.45) is 0.885. The molecule has 200 valence electrons. The number of carbonyl (C=O) groups is 5. The number of benzene rings is 1. The summed E-state index contributed by atoms with van der Waals surface area (Å²) in [6, 6.07) is 7.16. The van der Waals surface area contributed by atoms with Crippen LogP contribution >= 0.6 is 11.8 Å². The lowest BCUT2D eigenvalue weighted by atomic mass is 9.85. The molecule has 3 fully saturated rings. The highest BCUT2D eigenvalue weighted by Gasteiger charge is 2.53. The molecule has 0 aliphatic carbocycles. The molecule has 0 radical (unpaired) electrons. The van der Waals surface area contributed by atoms with E-state index in [4.69, 9.17) is 0 Å². The average Bonchev–Trinajstić information content (AvgIpc) is 3.47. The molecule has 5 amide bonds. The van der Waals surface area contributed by atoms with Gasteiger partial charge in [-0.1, -0.05) is 18.2 Å². The van der Waals surface area contributed by atoms with Gasteiger partial charge < -0.3 is 35.3 Å². The number of urea groups is 1. The molecule has 3 N–H and O–H groups in total. The molecular weight excluding hydrogens is 500 g/mol. The van der Waals surface area contributed by atoms with E-state index in [1.54, 1.807) is 16.8 Å². The third-order valence-electron chi connectivity index (χ3n) is 7.22. The number of nitrogens with zero attached hydrogens (tertiary/aromatic N) is 4. The van der Waals surface area contributed by atoms with Crippen LogP contribution < -0.4 is 15.5 Å². The van der Waals surface area contributed by atoms with Gasteiger partial charge in [-0.3, -0.25) is 14.4 Å². The van der Waals surface area contributed by atoms with Gasteiger partial charge in [-0.2, -0.15) is 0 Å². The first-order valence-electron chi connectivity index (χ1n) is 12.1. The fourth-order valence-corrected chi connectivity index (χ4v) is 6.34. The number of likely N-dealkylation sites (tertiary alicyclic amines) is 1. The maximum Gasteiger partial charge on any atom is 0.328 e. The van der Waals surface area contributed by atoms with Crippen molar-refractivity contribution in [3.8, 4) is 0 Å². The van der Waals surface area contributed by atoms with Crippen LogP contribution in [-0.4, -0.2) is 112 Å². The smallest absolute Gasteiger partial charge is 0.328 e. The van der Waals surface area contributed by atoms with Gasteiger partial charge in [0.25, 0.3) is 0 Å². The summed E-state index contributed by atoms with van der Waals surface area (Å²) in [6.45, 7) is 2.17. The molecule has 3 heterocycles. The lowest BCUT2D eigenvalue weighted by Crippen LogP contribution is -2.59. The van der Waals surface area contributed by atoms with E-state index in [9.17, 15) is 29.1 Å². The van der Waals surface area contributed by atoms with Crippen LogP contribution in [0, 0.1) is 0 Å². The number of carboxylic acid groups (broad SMARTS) is 1. The molecule has 3 aliphatic heterocycles. The largest absolute Gasteiger partial charge is 0.480 e. The molecule has 37 heavy (non-hydrogen) atoms. The number of rotatable bonds is 6. The van der Waals surface area contributed by atoms with Crippen LogP contribution in [0.1, 0.15) is 19.8 Å². The number of hydrogen-bond donors (Lipinski definition) is 3. The molecule has 2 atom stereocenters. The van der Waals surface area contributed by atoms with Crippen LogP contribution in [0.25, 0.3) is 0 Å². The number of amides is 5. The number of anilines is 1. The second-order valence-electron chi connectivity index (χ2n) is 9.52. The first-order chi connectivity index (χ1) is 17.6. The number of thioether (sulfide) groups is 1. The van der Waals surface area contributed by atoms with E-state index in [0.29, 0.717) is 44.2 Å². The minimum Gasteiger partial charge on any atom is -0.480 e. The normalized spacial score (nSPS) is 21.8. The summed E-state index contributed by atoms with van der Waals surface area (Å²) in [7, 11) is 1.77. The Bertz CT molecular complexity index is 1060. The monoisotopic (exact) mass is 532 g/mol. The Morgan fingerprint density at radius 2 is 1.84 bits per heavy atom. The summed E-state index contributed by atoms with van der Waals surface area (Å²) in [5, 5.41) is 14.6. The number of carboxylic acids is 1. The lowest BCUT2D eigenvalue weighted by Gasteiger charge is -2.43. The van der Waals surface area contributed by atoms with Crippen molar-refractivity contribution >= 4 is 47.2 Å². The molecular formula is C24H32N6O6S. The summed E-state index contributed by atoms with van der Waals surface area (Å²) >= 11 is 1.42. The molecule has 1 spiro atoms. The first-order valence-corrected chi connectivity index (χ1v) is 13.3. The molecule has 0 bridgehead atoms. The van der Waals surface area contributed by atoms with Crippen molar-refractivity contribution in [3.63, 3.8) is 0 Å². The number of carbonyl (C=O) groups excluding carboxylic acids is 4. The SMILES string of the molecule is CC(=O)N1CSC[C@@H]1C(=O)NC(CNC(=O)N1CCC2(CC1)C(=O)N(C)CN2c1ccccc1)C(=O)O. The zero-order chi connectivity index (χ0) is 26.7. The molecule has 1 unspecified atom stereocenters. The van der Waals surface area contributed by atoms with Gasteiger partial charge in [0.05, 0.1) is 19.1 Å². The maximum absolute atomic E-state index is 13.1. The average molecular weight is 533 g/mol. The Balaban J connectivity index is 1.34. The molecule has 3 aliphatic rings. The number of likely N-dealkylation sites (N-methyl/N-ethyl adjacent to an activating group) is 1. The molecule has 0 aromatic heterocycles. The van der Waals surface area contributed by atoms with Gasteiger partial charge in [-0.25, -0.2) is 9.59 Å². The standard InChI is InChI=1S/C24H32N6O6S/c1-16(31)29-15-37-13-19(29)20(32)26-18(21(33)34)12-25-23(36)28-10-8-24(9-11-28)22(35)27(2)14-30(24)17-6-4-3-5-7-17/h3-7,18-19H,8-15H2,1-2H3,(H,25,36)(H,26,32)(H,33,34)/t18?,19-/m1/s1. The zero-order valence-corrected chi connectivity index (χ0v) is 21.7. The van der Waals surface area contributed by atoms with Crippen molar-refractivity contribution in [3.05, 3.63) is 30.3 Å². The number of piperidine rings is 1. The molecule has 1 aromatic rings. The minimum absolute atomic E-state index is 0.0229. The minimum atomic E-state index is -1.34. The molecule has 4 rings (SSSR count). The van der Waals surface area contributed by atoms with Crippen LogP contribution in [-0.2, 0) is 19.2 Å². The number of nitrogens with one attached hydrogen (secondary N) is 2. The topological polar surface area (TPSA) is 143 Å². The number of aliphatic carboxylic acids is 1. The Morgan fingerprint density at radius 3 is 2.46 bits per heavy atom. The van der Waals surface area contributed by atoms with E-state index < -0.39 is 35.5 Å². The van der Waals surface area contributed by atoms with Gasteiger partial charge in [0.1, 0.15) is 17.6 Å². The molecule has 3 saturated heterocycles. The van der Waals surface area contributed by atoms with E-state index in [-0.39, 0.29) is 18.4 Å². The van der Waals surface area contributed by atoms with Crippen LogP contribution in [0.4, 0.5) is 10.5 Å². The highest BCUT2D eigenvalue weighted by molar-refractivity contribution is 7.99. The molecule has 12 nitrogen and oxygen atoms in total. The van der Waals surface area contributed by atoms with Crippen molar-refractivity contribution in [2.75, 3.05) is 49.9 Å². The van der Waals surface area contributed by atoms with Crippen LogP contribution in [0.15, 0.2) is 30.3 Å². The lowest BCUT2D eigenvalue weighted by molar-refractivity contribution is -0.143. The summed E-state index contributed by atoms with van der Waals surface area (Å²) in [4.78, 5) is 68.8. The molecule has 1 aromatic carbocycles. The Kier molecular flexibility index (Phi) is 7.81. The van der Waals surface area contributed by atoms with Gasteiger partial charge in [-0.15, -0.1) is 11.8 Å². The van der Waals surface area contributed by atoms with Crippen molar-refractivity contribution in [2.24, 2.45) is 0 Å².